The van der Waals surface area contributed by atoms with Crippen LogP contribution in [0.4, 0.5) is 0 Å². The van der Waals surface area contributed by atoms with Gasteiger partial charge in [-0.2, -0.15) is 5.10 Å². The molecule has 1 atom stereocenters. The summed E-state index contributed by atoms with van der Waals surface area (Å²) in [7, 11) is 0. The van der Waals surface area contributed by atoms with Crippen LogP contribution < -0.4 is 11.2 Å². The average Bonchev–Trinajstić information content (AvgIpc) is 3.19. The van der Waals surface area contributed by atoms with Crippen molar-refractivity contribution in [1.82, 2.24) is 29.0 Å². The third-order valence-corrected chi connectivity index (χ3v) is 7.13. The number of nitrogens with one attached hydrogen (secondary N) is 1. The fourth-order valence-electron chi connectivity index (χ4n) is 5.34. The Bertz CT molecular complexity index is 1190. The Morgan fingerprint density at radius 2 is 1.94 bits per heavy atom. The van der Waals surface area contributed by atoms with E-state index in [1.165, 1.54) is 61.0 Å². The molecule has 1 aliphatic carbocycles. The number of piperazine rings is 1. The largest absolute Gasteiger partial charge is 0.333 e. The summed E-state index contributed by atoms with van der Waals surface area (Å²) in [6.07, 6.45) is 12.1. The van der Waals surface area contributed by atoms with E-state index in [4.69, 9.17) is 0 Å². The van der Waals surface area contributed by atoms with Gasteiger partial charge in [0.25, 0.3) is 5.56 Å². The summed E-state index contributed by atoms with van der Waals surface area (Å²) in [5, 5.41) is 4.37. The summed E-state index contributed by atoms with van der Waals surface area (Å²) >= 11 is 0. The Kier molecular flexibility index (Phi) is 5.97. The van der Waals surface area contributed by atoms with E-state index in [0.717, 1.165) is 37.6 Å². The molecule has 0 amide bonds. The number of pyridine rings is 1. The van der Waals surface area contributed by atoms with Crippen molar-refractivity contribution < 1.29 is 0 Å². The number of H-pyrrole nitrogens is 1. The first-order valence-electron chi connectivity index (χ1n) is 11.8. The van der Waals surface area contributed by atoms with Gasteiger partial charge in [-0.25, -0.2) is 9.31 Å². The highest BCUT2D eigenvalue weighted by atomic mass is 16.2. The lowest BCUT2D eigenvalue weighted by Gasteiger charge is -2.41. The van der Waals surface area contributed by atoms with Crippen LogP contribution in [-0.4, -0.2) is 61.2 Å². The summed E-state index contributed by atoms with van der Waals surface area (Å²) in [5.41, 5.74) is 1.85. The van der Waals surface area contributed by atoms with E-state index in [1.54, 1.807) is 10.7 Å². The van der Waals surface area contributed by atoms with Gasteiger partial charge in [0.2, 0.25) is 0 Å². The zero-order valence-electron chi connectivity index (χ0n) is 18.7. The molecule has 1 aliphatic heterocycles. The second-order valence-electron chi connectivity index (χ2n) is 9.46. The van der Waals surface area contributed by atoms with Crippen LogP contribution >= 0.6 is 0 Å². The fraction of sp³-hybridized carbons (Fsp3) is 0.542. The monoisotopic (exact) mass is 436 g/mol. The van der Waals surface area contributed by atoms with Crippen LogP contribution in [0.2, 0.25) is 0 Å². The van der Waals surface area contributed by atoms with Crippen LogP contribution in [0.15, 0.2) is 46.4 Å². The van der Waals surface area contributed by atoms with Gasteiger partial charge < -0.3 is 4.90 Å². The Balaban J connectivity index is 1.29. The van der Waals surface area contributed by atoms with Crippen molar-refractivity contribution in [3.8, 4) is 5.69 Å². The molecule has 1 saturated heterocycles. The molecule has 0 spiro atoms. The van der Waals surface area contributed by atoms with Gasteiger partial charge in [0.15, 0.2) is 0 Å². The van der Waals surface area contributed by atoms with E-state index < -0.39 is 11.2 Å². The molecule has 32 heavy (non-hydrogen) atoms. The number of fused-ring (bicyclic) bond motifs is 1. The summed E-state index contributed by atoms with van der Waals surface area (Å²) in [6, 6.07) is 6.06. The number of aromatic amines is 1. The first kappa shape index (κ1) is 21.2. The number of rotatable bonds is 5. The normalized spacial score (nSPS) is 21.3. The molecule has 3 aromatic heterocycles. The lowest BCUT2D eigenvalue weighted by Crippen LogP contribution is -2.52. The van der Waals surface area contributed by atoms with Crippen LogP contribution in [0.3, 0.4) is 0 Å². The van der Waals surface area contributed by atoms with Gasteiger partial charge in [-0.3, -0.25) is 19.2 Å². The van der Waals surface area contributed by atoms with Gasteiger partial charge in [0, 0.05) is 57.2 Å². The zero-order chi connectivity index (χ0) is 22.1. The summed E-state index contributed by atoms with van der Waals surface area (Å²) in [6.45, 7) is 7.80. The summed E-state index contributed by atoms with van der Waals surface area (Å²) < 4.78 is 3.20. The molecule has 2 aliphatic rings. The van der Waals surface area contributed by atoms with Crippen molar-refractivity contribution in [2.75, 3.05) is 26.2 Å². The van der Waals surface area contributed by atoms with Crippen molar-refractivity contribution in [2.45, 2.75) is 51.6 Å². The topological polar surface area (TPSA) is 78.6 Å². The molecule has 4 heterocycles. The standard InChI is InChI=1S/C24H32N6O2/c1-18-15-27(16-19-5-3-2-4-6-19)11-12-28(18)17-20-7-10-30-21(13-20)22(14-25-30)29-9-8-23(31)26-24(29)32/h7-10,13-14,18-19H,2-6,11-12,15-17H2,1H3,(H,26,31,32)/t18-/m0/s1. The van der Waals surface area contributed by atoms with Crippen LogP contribution in [-0.2, 0) is 6.54 Å². The second kappa shape index (κ2) is 9.03. The average molecular weight is 437 g/mol. The van der Waals surface area contributed by atoms with E-state index in [0.29, 0.717) is 11.7 Å². The quantitative estimate of drug-likeness (QED) is 0.664. The van der Waals surface area contributed by atoms with Crippen molar-refractivity contribution in [1.29, 1.82) is 0 Å². The number of aromatic nitrogens is 4. The lowest BCUT2D eigenvalue weighted by molar-refractivity contribution is 0.0633. The van der Waals surface area contributed by atoms with E-state index in [1.807, 2.05) is 6.20 Å². The molecule has 0 radical (unpaired) electrons. The van der Waals surface area contributed by atoms with Crippen molar-refractivity contribution in [3.05, 3.63) is 63.2 Å². The predicted molar refractivity (Wildman–Crippen MR) is 124 cm³/mol. The van der Waals surface area contributed by atoms with Gasteiger partial charge in [-0.1, -0.05) is 19.3 Å². The molecule has 0 unspecified atom stereocenters. The van der Waals surface area contributed by atoms with E-state index >= 15 is 0 Å². The third-order valence-electron chi connectivity index (χ3n) is 7.13. The molecular weight excluding hydrogens is 404 g/mol. The van der Waals surface area contributed by atoms with Crippen LogP contribution in [0.5, 0.6) is 0 Å². The molecule has 0 bridgehead atoms. The second-order valence-corrected chi connectivity index (χ2v) is 9.46. The first-order chi connectivity index (χ1) is 15.6. The highest BCUT2D eigenvalue weighted by Crippen LogP contribution is 2.26. The van der Waals surface area contributed by atoms with Gasteiger partial charge in [-0.05, 0) is 43.4 Å². The minimum atomic E-state index is -0.458. The maximum absolute atomic E-state index is 12.3. The van der Waals surface area contributed by atoms with Gasteiger partial charge >= 0.3 is 5.69 Å². The van der Waals surface area contributed by atoms with Gasteiger partial charge in [0.1, 0.15) is 0 Å². The van der Waals surface area contributed by atoms with Crippen LogP contribution in [0.1, 0.15) is 44.6 Å². The minimum absolute atomic E-state index is 0.403. The molecule has 1 N–H and O–H groups in total. The Labute approximate surface area is 187 Å². The molecule has 0 aromatic carbocycles. The summed E-state index contributed by atoms with van der Waals surface area (Å²) in [4.78, 5) is 31.2. The summed E-state index contributed by atoms with van der Waals surface area (Å²) in [5.74, 6) is 0.890. The molecule has 1 saturated carbocycles. The molecular formula is C24H32N6O2. The van der Waals surface area contributed by atoms with Crippen LogP contribution in [0.25, 0.3) is 11.2 Å². The first-order valence-corrected chi connectivity index (χ1v) is 11.8. The minimum Gasteiger partial charge on any atom is -0.300 e. The number of hydrogen-bond acceptors (Lipinski definition) is 5. The molecule has 8 heteroatoms. The van der Waals surface area contributed by atoms with Crippen molar-refractivity contribution in [3.63, 3.8) is 0 Å². The van der Waals surface area contributed by atoms with Crippen molar-refractivity contribution >= 4 is 5.52 Å². The molecule has 2 fully saturated rings. The van der Waals surface area contributed by atoms with Gasteiger partial charge in [-0.15, -0.1) is 0 Å². The fourth-order valence-corrected chi connectivity index (χ4v) is 5.34. The Morgan fingerprint density at radius 1 is 1.09 bits per heavy atom. The lowest BCUT2D eigenvalue weighted by atomic mass is 9.88. The SMILES string of the molecule is C[C@H]1CN(CC2CCCCC2)CCN1Cc1ccn2ncc(-n3ccc(=O)[nH]c3=O)c2c1. The maximum atomic E-state index is 12.3. The molecule has 8 nitrogen and oxygen atoms in total. The third kappa shape index (κ3) is 4.42. The smallest absolute Gasteiger partial charge is 0.300 e. The highest BCUT2D eigenvalue weighted by molar-refractivity contribution is 5.64. The van der Waals surface area contributed by atoms with Crippen molar-refractivity contribution in [2.24, 2.45) is 5.92 Å². The molecule has 3 aromatic rings. The van der Waals surface area contributed by atoms with Crippen LogP contribution in [0, 0.1) is 5.92 Å². The zero-order valence-corrected chi connectivity index (χ0v) is 18.7. The Morgan fingerprint density at radius 3 is 2.72 bits per heavy atom. The van der Waals surface area contributed by atoms with Gasteiger partial charge in [0.05, 0.1) is 17.4 Å². The highest BCUT2D eigenvalue weighted by Gasteiger charge is 2.26. The molecule has 5 rings (SSSR count). The number of hydrogen-bond donors (Lipinski definition) is 1. The maximum Gasteiger partial charge on any atom is 0.333 e. The molecule has 170 valence electrons. The Hall–Kier alpha value is -2.71. The van der Waals surface area contributed by atoms with E-state index in [9.17, 15) is 9.59 Å². The van der Waals surface area contributed by atoms with E-state index in [-0.39, 0.29) is 0 Å². The number of nitrogens with zero attached hydrogens (tertiary/aromatic N) is 5. The predicted octanol–water partition coefficient (Wildman–Crippen LogP) is 2.26. The van der Waals surface area contributed by atoms with E-state index in [2.05, 4.69) is 38.9 Å².